The van der Waals surface area contributed by atoms with Crippen molar-refractivity contribution in [2.24, 2.45) is 0 Å². The summed E-state index contributed by atoms with van der Waals surface area (Å²) in [4.78, 5) is 21.1. The highest BCUT2D eigenvalue weighted by Gasteiger charge is 2.22. The second kappa shape index (κ2) is 14.7. The van der Waals surface area contributed by atoms with Crippen LogP contribution in [0.3, 0.4) is 0 Å². The molecule has 0 aliphatic carbocycles. The molecule has 0 bridgehead atoms. The van der Waals surface area contributed by atoms with Crippen molar-refractivity contribution in [3.05, 3.63) is 212 Å². The Morgan fingerprint density at radius 2 is 0.922 bits per heavy atom. The van der Waals surface area contributed by atoms with Crippen LogP contribution in [0.5, 0.6) is 0 Å². The molecule has 0 amide bonds. The lowest BCUT2D eigenvalue weighted by atomic mass is 9.98. The predicted octanol–water partition coefficient (Wildman–Crippen LogP) is 15.4. The molecule has 0 saturated carbocycles. The largest absolute Gasteiger partial charge is 0.308 e. The molecule has 0 spiro atoms. The van der Waals surface area contributed by atoms with Gasteiger partial charge in [0.05, 0.1) is 22.2 Å². The van der Waals surface area contributed by atoms with E-state index in [9.17, 15) is 0 Å². The molecule has 5 nitrogen and oxygen atoms in total. The Kier molecular flexibility index (Phi) is 8.32. The lowest BCUT2D eigenvalue weighted by molar-refractivity contribution is 1.07. The number of thiophene rings is 1. The Hall–Kier alpha value is -8.32. The minimum atomic E-state index is 0.607. The van der Waals surface area contributed by atoms with Gasteiger partial charge in [-0.05, 0) is 59.0 Å². The number of hydrogen-bond acceptors (Lipinski definition) is 5. The first-order valence-corrected chi connectivity index (χ1v) is 22.3. The Balaban J connectivity index is 1.05. The Bertz CT molecular complexity index is 3930. The maximum atomic E-state index is 5.34. The molecule has 13 rings (SSSR count). The van der Waals surface area contributed by atoms with Gasteiger partial charge in [-0.2, -0.15) is 0 Å². The van der Waals surface area contributed by atoms with Gasteiger partial charge in [-0.1, -0.05) is 170 Å². The van der Waals surface area contributed by atoms with Gasteiger partial charge in [-0.15, -0.1) is 11.3 Å². The van der Waals surface area contributed by atoms with E-state index in [-0.39, 0.29) is 0 Å². The molecule has 0 aliphatic heterocycles. The van der Waals surface area contributed by atoms with Crippen LogP contribution in [-0.4, -0.2) is 24.5 Å². The average molecular weight is 834 g/mol. The standard InChI is InChI=1S/C58H35N5S/c1-4-16-37(17-5-1)53-49-35-51-48(34-47(49)42-22-10-12-28-50(42)59-53)44-25-15-27-46(54(44)63(51)40-20-8-3-9-21-40)58-61-56(38-18-6-2-7-19-38)60-57(62-58)39-32-30-36(31-33-39)41-24-14-26-45-43-23-11-13-29-52(43)64-55(41)45/h1-35H. The Morgan fingerprint density at radius 3 is 1.69 bits per heavy atom. The van der Waals surface area contributed by atoms with Crippen LogP contribution in [0.15, 0.2) is 212 Å². The zero-order chi connectivity index (χ0) is 42.1. The highest BCUT2D eigenvalue weighted by Crippen LogP contribution is 2.43. The summed E-state index contributed by atoms with van der Waals surface area (Å²) in [6.07, 6.45) is 0. The van der Waals surface area contributed by atoms with Crippen LogP contribution in [-0.2, 0) is 0 Å². The zero-order valence-corrected chi connectivity index (χ0v) is 35.2. The van der Waals surface area contributed by atoms with Crippen molar-refractivity contribution in [1.82, 2.24) is 24.5 Å². The maximum Gasteiger partial charge on any atom is 0.166 e. The average Bonchev–Trinajstić information content (AvgIpc) is 3.92. The molecule has 0 unspecified atom stereocenters. The molecule has 0 atom stereocenters. The van der Waals surface area contributed by atoms with E-state index in [0.29, 0.717) is 17.5 Å². The van der Waals surface area contributed by atoms with Crippen molar-refractivity contribution in [2.75, 3.05) is 0 Å². The first-order chi connectivity index (χ1) is 31.7. The van der Waals surface area contributed by atoms with Crippen LogP contribution >= 0.6 is 11.3 Å². The summed E-state index contributed by atoms with van der Waals surface area (Å²) in [5.41, 5.74) is 11.3. The fraction of sp³-hybridized carbons (Fsp3) is 0. The molecule has 0 saturated heterocycles. The van der Waals surface area contributed by atoms with Gasteiger partial charge in [0.15, 0.2) is 17.5 Å². The van der Waals surface area contributed by atoms with Gasteiger partial charge in [0.2, 0.25) is 0 Å². The summed E-state index contributed by atoms with van der Waals surface area (Å²) < 4.78 is 4.96. The van der Waals surface area contributed by atoms with Crippen molar-refractivity contribution < 1.29 is 0 Å². The van der Waals surface area contributed by atoms with Crippen LogP contribution in [0.25, 0.3) is 126 Å². The molecule has 298 valence electrons. The molecule has 0 fully saturated rings. The zero-order valence-electron chi connectivity index (χ0n) is 34.4. The third-order valence-corrected chi connectivity index (χ3v) is 13.7. The summed E-state index contributed by atoms with van der Waals surface area (Å²) in [7, 11) is 0. The van der Waals surface area contributed by atoms with Crippen molar-refractivity contribution in [3.63, 3.8) is 0 Å². The van der Waals surface area contributed by atoms with Crippen LogP contribution in [0.2, 0.25) is 0 Å². The monoisotopic (exact) mass is 833 g/mol. The highest BCUT2D eigenvalue weighted by molar-refractivity contribution is 7.26. The summed E-state index contributed by atoms with van der Waals surface area (Å²) in [6, 6.07) is 74.9. The molecule has 4 heterocycles. The molecule has 9 aromatic carbocycles. The van der Waals surface area contributed by atoms with Gasteiger partial charge >= 0.3 is 0 Å². The van der Waals surface area contributed by atoms with E-state index in [1.807, 2.05) is 29.5 Å². The smallest absolute Gasteiger partial charge is 0.166 e. The van der Waals surface area contributed by atoms with Gasteiger partial charge in [0.25, 0.3) is 0 Å². The van der Waals surface area contributed by atoms with Crippen molar-refractivity contribution in [1.29, 1.82) is 0 Å². The van der Waals surface area contributed by atoms with E-state index in [1.165, 1.54) is 25.7 Å². The van der Waals surface area contributed by atoms with E-state index in [1.54, 1.807) is 0 Å². The van der Waals surface area contributed by atoms with Gasteiger partial charge in [-0.25, -0.2) is 19.9 Å². The third-order valence-electron chi connectivity index (χ3n) is 12.4. The fourth-order valence-corrected chi connectivity index (χ4v) is 10.7. The van der Waals surface area contributed by atoms with Crippen LogP contribution in [0, 0.1) is 0 Å². The Morgan fingerprint density at radius 1 is 0.344 bits per heavy atom. The highest BCUT2D eigenvalue weighted by atomic mass is 32.1. The number of hydrogen-bond donors (Lipinski definition) is 0. The van der Waals surface area contributed by atoms with Crippen molar-refractivity contribution >= 4 is 75.0 Å². The van der Waals surface area contributed by atoms with Crippen LogP contribution < -0.4 is 0 Å². The summed E-state index contributed by atoms with van der Waals surface area (Å²) in [5, 5.41) is 8.22. The van der Waals surface area contributed by atoms with Gasteiger partial charge in [0, 0.05) is 69.7 Å². The molecule has 13 aromatic rings. The van der Waals surface area contributed by atoms with Gasteiger partial charge in [0.1, 0.15) is 0 Å². The van der Waals surface area contributed by atoms with E-state index in [0.717, 1.165) is 82.7 Å². The van der Waals surface area contributed by atoms with Crippen molar-refractivity contribution in [3.8, 4) is 62.2 Å². The molecule has 0 aliphatic rings. The molecule has 6 heteroatoms. The third kappa shape index (κ3) is 5.84. The number of nitrogens with zero attached hydrogens (tertiary/aromatic N) is 5. The van der Waals surface area contributed by atoms with E-state index >= 15 is 0 Å². The number of fused-ring (bicyclic) bond motifs is 9. The molecule has 0 N–H and O–H groups in total. The second-order valence-electron chi connectivity index (χ2n) is 16.2. The van der Waals surface area contributed by atoms with E-state index < -0.39 is 0 Å². The lowest BCUT2D eigenvalue weighted by Gasteiger charge is -2.14. The Labute approximate surface area is 372 Å². The van der Waals surface area contributed by atoms with Crippen LogP contribution in [0.4, 0.5) is 0 Å². The van der Waals surface area contributed by atoms with Gasteiger partial charge in [-0.3, -0.25) is 0 Å². The molecular weight excluding hydrogens is 799 g/mol. The van der Waals surface area contributed by atoms with E-state index in [4.69, 9.17) is 19.9 Å². The first kappa shape index (κ1) is 36.3. The number of benzene rings is 9. The minimum Gasteiger partial charge on any atom is -0.308 e. The SMILES string of the molecule is c1ccc(-c2nc(-c3ccc(-c4cccc5c4sc4ccccc45)cc3)nc(-c3cccc4c5cc6c(cc5n(-c5ccccc5)c34)c(-c3ccccc3)nc3ccccc36)n2)cc1. The first-order valence-electron chi connectivity index (χ1n) is 21.5. The molecule has 4 aromatic heterocycles. The van der Waals surface area contributed by atoms with Gasteiger partial charge < -0.3 is 4.57 Å². The fourth-order valence-electron chi connectivity index (χ4n) is 9.47. The second-order valence-corrected chi connectivity index (χ2v) is 17.2. The minimum absolute atomic E-state index is 0.607. The number of rotatable bonds is 6. The molecule has 0 radical (unpaired) electrons. The maximum absolute atomic E-state index is 5.34. The topological polar surface area (TPSA) is 56.5 Å². The summed E-state index contributed by atoms with van der Waals surface area (Å²) >= 11 is 1.85. The number of pyridine rings is 1. The summed E-state index contributed by atoms with van der Waals surface area (Å²) in [5.74, 6) is 1.84. The van der Waals surface area contributed by atoms with E-state index in [2.05, 4.69) is 199 Å². The molecular formula is C58H35N5S. The predicted molar refractivity (Wildman–Crippen MR) is 267 cm³/mol. The number of para-hydroxylation sites is 3. The normalized spacial score (nSPS) is 11.8. The summed E-state index contributed by atoms with van der Waals surface area (Å²) in [6.45, 7) is 0. The molecule has 64 heavy (non-hydrogen) atoms. The van der Waals surface area contributed by atoms with Crippen molar-refractivity contribution in [2.45, 2.75) is 0 Å². The number of aromatic nitrogens is 5. The van der Waals surface area contributed by atoms with Crippen LogP contribution in [0.1, 0.15) is 0 Å². The lowest BCUT2D eigenvalue weighted by Crippen LogP contribution is -2.02. The quantitative estimate of drug-likeness (QED) is 0.157.